The first-order valence-electron chi connectivity index (χ1n) is 6.18. The molecule has 1 heterocycles. The van der Waals surface area contributed by atoms with Crippen molar-refractivity contribution in [1.82, 2.24) is 10.2 Å². The van der Waals surface area contributed by atoms with Crippen LogP contribution in [0.15, 0.2) is 0 Å². The molecular weight excluding hydrogens is 204 g/mol. The van der Waals surface area contributed by atoms with Crippen LogP contribution in [0.25, 0.3) is 0 Å². The normalized spacial score (nSPS) is 33.2. The highest BCUT2D eigenvalue weighted by molar-refractivity contribution is 7.99. The van der Waals surface area contributed by atoms with Gasteiger partial charge in [-0.1, -0.05) is 13.8 Å². The fourth-order valence-corrected chi connectivity index (χ4v) is 2.70. The lowest BCUT2D eigenvalue weighted by molar-refractivity contribution is 0.0997. The first-order chi connectivity index (χ1) is 7.11. The highest BCUT2D eigenvalue weighted by Crippen LogP contribution is 2.18. The fraction of sp³-hybridized carbons (Fsp3) is 1.00. The summed E-state index contributed by atoms with van der Waals surface area (Å²) in [6.45, 7) is 12.8. The van der Waals surface area contributed by atoms with Gasteiger partial charge in [0.15, 0.2) is 0 Å². The Morgan fingerprint density at radius 2 is 2.20 bits per heavy atom. The number of piperazine rings is 1. The molecule has 1 aliphatic heterocycles. The standard InChI is InChI=1S/C12H26N2S/c1-5-12(4)10-14(7-8-15-6-2)11(3)9-13-12/h11,13H,5-10H2,1-4H3. The number of nitrogens with zero attached hydrogens (tertiary/aromatic N) is 1. The molecule has 15 heavy (non-hydrogen) atoms. The summed E-state index contributed by atoms with van der Waals surface area (Å²) in [4.78, 5) is 2.64. The van der Waals surface area contributed by atoms with Gasteiger partial charge in [0, 0.05) is 37.0 Å². The average molecular weight is 230 g/mol. The van der Waals surface area contributed by atoms with Crippen LogP contribution in [0.1, 0.15) is 34.1 Å². The fourth-order valence-electron chi connectivity index (χ4n) is 2.05. The second-order valence-electron chi connectivity index (χ2n) is 4.81. The zero-order valence-corrected chi connectivity index (χ0v) is 11.5. The van der Waals surface area contributed by atoms with Crippen LogP contribution in [0.2, 0.25) is 0 Å². The molecule has 0 aliphatic carbocycles. The molecule has 2 unspecified atom stereocenters. The predicted octanol–water partition coefficient (Wildman–Crippen LogP) is 2.20. The van der Waals surface area contributed by atoms with E-state index in [1.54, 1.807) is 0 Å². The molecule has 90 valence electrons. The van der Waals surface area contributed by atoms with Gasteiger partial charge in [0.2, 0.25) is 0 Å². The van der Waals surface area contributed by atoms with Gasteiger partial charge in [0.05, 0.1) is 0 Å². The third-order valence-electron chi connectivity index (χ3n) is 3.51. The second kappa shape index (κ2) is 6.12. The minimum Gasteiger partial charge on any atom is -0.309 e. The van der Waals surface area contributed by atoms with Crippen LogP contribution in [0, 0.1) is 0 Å². The average Bonchev–Trinajstić information content (AvgIpc) is 2.24. The lowest BCUT2D eigenvalue weighted by atomic mass is 9.94. The molecule has 0 bridgehead atoms. The largest absolute Gasteiger partial charge is 0.309 e. The molecule has 0 aromatic carbocycles. The Balaban J connectivity index is 2.39. The summed E-state index contributed by atoms with van der Waals surface area (Å²) in [5.74, 6) is 2.52. The van der Waals surface area contributed by atoms with E-state index in [1.165, 1.54) is 31.0 Å². The maximum absolute atomic E-state index is 3.67. The van der Waals surface area contributed by atoms with Crippen molar-refractivity contribution in [3.05, 3.63) is 0 Å². The summed E-state index contributed by atoms with van der Waals surface area (Å²) < 4.78 is 0. The predicted molar refractivity (Wildman–Crippen MR) is 70.7 cm³/mol. The van der Waals surface area contributed by atoms with Gasteiger partial charge >= 0.3 is 0 Å². The Morgan fingerprint density at radius 1 is 1.47 bits per heavy atom. The molecule has 1 N–H and O–H groups in total. The van der Waals surface area contributed by atoms with Crippen LogP contribution in [0.3, 0.4) is 0 Å². The van der Waals surface area contributed by atoms with Crippen molar-refractivity contribution >= 4 is 11.8 Å². The van der Waals surface area contributed by atoms with Crippen LogP contribution in [-0.2, 0) is 0 Å². The van der Waals surface area contributed by atoms with Gasteiger partial charge in [-0.25, -0.2) is 0 Å². The number of hydrogen-bond donors (Lipinski definition) is 1. The molecule has 1 saturated heterocycles. The van der Waals surface area contributed by atoms with E-state index >= 15 is 0 Å². The minimum atomic E-state index is 0.337. The van der Waals surface area contributed by atoms with Gasteiger partial charge in [-0.15, -0.1) is 0 Å². The van der Waals surface area contributed by atoms with E-state index in [0.29, 0.717) is 11.6 Å². The maximum Gasteiger partial charge on any atom is 0.0278 e. The Hall–Kier alpha value is 0.270. The van der Waals surface area contributed by atoms with E-state index in [2.05, 4.69) is 37.9 Å². The molecule has 0 aromatic rings. The molecule has 0 spiro atoms. The van der Waals surface area contributed by atoms with Crippen molar-refractivity contribution in [3.63, 3.8) is 0 Å². The van der Waals surface area contributed by atoms with Crippen LogP contribution >= 0.6 is 11.8 Å². The van der Waals surface area contributed by atoms with E-state index in [9.17, 15) is 0 Å². The van der Waals surface area contributed by atoms with Gasteiger partial charge in [0.1, 0.15) is 0 Å². The zero-order chi connectivity index (χ0) is 11.3. The number of hydrogen-bond acceptors (Lipinski definition) is 3. The van der Waals surface area contributed by atoms with Gasteiger partial charge in [-0.3, -0.25) is 4.90 Å². The Kier molecular flexibility index (Phi) is 5.44. The molecule has 1 fully saturated rings. The van der Waals surface area contributed by atoms with E-state index in [0.717, 1.165) is 6.54 Å². The van der Waals surface area contributed by atoms with Gasteiger partial charge in [-0.2, -0.15) is 11.8 Å². The third kappa shape index (κ3) is 3.97. The van der Waals surface area contributed by atoms with Crippen molar-refractivity contribution in [1.29, 1.82) is 0 Å². The summed E-state index contributed by atoms with van der Waals surface area (Å²) in [5.41, 5.74) is 0.337. The molecule has 2 atom stereocenters. The minimum absolute atomic E-state index is 0.337. The Morgan fingerprint density at radius 3 is 2.80 bits per heavy atom. The topological polar surface area (TPSA) is 15.3 Å². The van der Waals surface area contributed by atoms with Gasteiger partial charge < -0.3 is 5.32 Å². The van der Waals surface area contributed by atoms with E-state index < -0.39 is 0 Å². The third-order valence-corrected chi connectivity index (χ3v) is 4.39. The van der Waals surface area contributed by atoms with E-state index in [4.69, 9.17) is 0 Å². The number of nitrogens with one attached hydrogen (secondary N) is 1. The molecule has 0 amide bonds. The first-order valence-corrected chi connectivity index (χ1v) is 7.33. The Bertz CT molecular complexity index is 186. The highest BCUT2D eigenvalue weighted by Gasteiger charge is 2.31. The summed E-state index contributed by atoms with van der Waals surface area (Å²) in [6.07, 6.45) is 1.22. The van der Waals surface area contributed by atoms with Crippen molar-refractivity contribution in [2.45, 2.75) is 45.7 Å². The summed E-state index contributed by atoms with van der Waals surface area (Å²) in [7, 11) is 0. The number of thioether (sulfide) groups is 1. The number of rotatable bonds is 5. The maximum atomic E-state index is 3.67. The first kappa shape index (κ1) is 13.3. The molecule has 3 heteroatoms. The summed E-state index contributed by atoms with van der Waals surface area (Å²) in [5, 5.41) is 3.67. The molecular formula is C12H26N2S. The lowest BCUT2D eigenvalue weighted by Gasteiger charge is -2.45. The van der Waals surface area contributed by atoms with Gasteiger partial charge in [-0.05, 0) is 26.0 Å². The molecule has 1 rings (SSSR count). The van der Waals surface area contributed by atoms with Crippen LogP contribution in [-0.4, -0.2) is 47.6 Å². The van der Waals surface area contributed by atoms with Gasteiger partial charge in [0.25, 0.3) is 0 Å². The molecule has 0 saturated carbocycles. The molecule has 0 aromatic heterocycles. The molecule has 1 aliphatic rings. The zero-order valence-electron chi connectivity index (χ0n) is 10.7. The smallest absolute Gasteiger partial charge is 0.0278 e. The van der Waals surface area contributed by atoms with Crippen molar-refractivity contribution in [3.8, 4) is 0 Å². The van der Waals surface area contributed by atoms with E-state index in [-0.39, 0.29) is 0 Å². The SMILES string of the molecule is CCSCCN1CC(C)(CC)NCC1C. The van der Waals surface area contributed by atoms with Crippen LogP contribution in [0.5, 0.6) is 0 Å². The Labute approximate surface area is 99.2 Å². The molecule has 2 nitrogen and oxygen atoms in total. The van der Waals surface area contributed by atoms with E-state index in [1.807, 2.05) is 11.8 Å². The van der Waals surface area contributed by atoms with Crippen LogP contribution in [0.4, 0.5) is 0 Å². The molecule has 0 radical (unpaired) electrons. The van der Waals surface area contributed by atoms with Crippen molar-refractivity contribution < 1.29 is 0 Å². The quantitative estimate of drug-likeness (QED) is 0.729. The lowest BCUT2D eigenvalue weighted by Crippen LogP contribution is -2.62. The second-order valence-corrected chi connectivity index (χ2v) is 6.21. The van der Waals surface area contributed by atoms with Crippen molar-refractivity contribution in [2.24, 2.45) is 0 Å². The summed E-state index contributed by atoms with van der Waals surface area (Å²) >= 11 is 2.05. The highest BCUT2D eigenvalue weighted by atomic mass is 32.2. The summed E-state index contributed by atoms with van der Waals surface area (Å²) in [6, 6.07) is 0.696. The van der Waals surface area contributed by atoms with Crippen molar-refractivity contribution in [2.75, 3.05) is 31.1 Å². The van der Waals surface area contributed by atoms with Crippen LogP contribution < -0.4 is 5.32 Å². The monoisotopic (exact) mass is 230 g/mol.